The van der Waals surface area contributed by atoms with Crippen LogP contribution < -0.4 is 5.32 Å². The van der Waals surface area contributed by atoms with Gasteiger partial charge in [0.05, 0.1) is 5.56 Å². The van der Waals surface area contributed by atoms with Gasteiger partial charge in [-0.05, 0) is 24.6 Å². The standard InChI is InChI=1S/C11H13BrF3N/c1-2-3-6-16-10-7-8(12)4-5-9(10)11(13,14)15/h4-5,7,16H,2-3,6H2,1H3. The molecule has 0 aliphatic rings. The monoisotopic (exact) mass is 295 g/mol. The van der Waals surface area contributed by atoms with Crippen LogP contribution in [0.4, 0.5) is 18.9 Å². The minimum atomic E-state index is -4.31. The van der Waals surface area contributed by atoms with Gasteiger partial charge < -0.3 is 5.32 Å². The molecular weight excluding hydrogens is 283 g/mol. The van der Waals surface area contributed by atoms with Gasteiger partial charge in [-0.25, -0.2) is 0 Å². The van der Waals surface area contributed by atoms with E-state index in [-0.39, 0.29) is 5.69 Å². The van der Waals surface area contributed by atoms with Gasteiger partial charge in [0, 0.05) is 16.7 Å². The van der Waals surface area contributed by atoms with Crippen LogP contribution >= 0.6 is 15.9 Å². The van der Waals surface area contributed by atoms with Gasteiger partial charge in [0.15, 0.2) is 0 Å². The molecule has 0 spiro atoms. The summed E-state index contributed by atoms with van der Waals surface area (Å²) in [6.07, 6.45) is -2.51. The third kappa shape index (κ3) is 3.70. The molecule has 0 amide bonds. The molecule has 0 saturated carbocycles. The van der Waals surface area contributed by atoms with Crippen LogP contribution in [0.5, 0.6) is 0 Å². The van der Waals surface area contributed by atoms with Crippen molar-refractivity contribution in [3.63, 3.8) is 0 Å². The van der Waals surface area contributed by atoms with Gasteiger partial charge in [-0.2, -0.15) is 13.2 Å². The van der Waals surface area contributed by atoms with Crippen LogP contribution in [0.2, 0.25) is 0 Å². The summed E-state index contributed by atoms with van der Waals surface area (Å²) < 4.78 is 38.5. The van der Waals surface area contributed by atoms with Crippen molar-refractivity contribution in [2.45, 2.75) is 25.9 Å². The highest BCUT2D eigenvalue weighted by Crippen LogP contribution is 2.36. The molecule has 0 saturated heterocycles. The van der Waals surface area contributed by atoms with Gasteiger partial charge in [-0.1, -0.05) is 29.3 Å². The van der Waals surface area contributed by atoms with Gasteiger partial charge in [-0.3, -0.25) is 0 Å². The lowest BCUT2D eigenvalue weighted by Gasteiger charge is -2.14. The first kappa shape index (κ1) is 13.4. The van der Waals surface area contributed by atoms with Crippen LogP contribution in [0.3, 0.4) is 0 Å². The third-order valence-corrected chi connectivity index (χ3v) is 2.63. The zero-order chi connectivity index (χ0) is 12.2. The van der Waals surface area contributed by atoms with Crippen molar-refractivity contribution in [1.29, 1.82) is 0 Å². The quantitative estimate of drug-likeness (QED) is 0.795. The summed E-state index contributed by atoms with van der Waals surface area (Å²) in [5.74, 6) is 0. The molecule has 0 radical (unpaired) electrons. The molecule has 0 aliphatic heterocycles. The van der Waals surface area contributed by atoms with E-state index in [4.69, 9.17) is 0 Å². The number of rotatable bonds is 4. The highest BCUT2D eigenvalue weighted by molar-refractivity contribution is 9.10. The minimum Gasteiger partial charge on any atom is -0.385 e. The summed E-state index contributed by atoms with van der Waals surface area (Å²) in [6.45, 7) is 2.54. The Balaban J connectivity index is 2.90. The molecule has 1 aromatic rings. The van der Waals surface area contributed by atoms with Crippen molar-refractivity contribution in [3.05, 3.63) is 28.2 Å². The predicted octanol–water partition coefficient (Wildman–Crippen LogP) is 4.68. The maximum atomic E-state index is 12.6. The Morgan fingerprint density at radius 1 is 1.31 bits per heavy atom. The molecular formula is C11H13BrF3N. The molecule has 0 bridgehead atoms. The molecule has 0 fully saturated rings. The topological polar surface area (TPSA) is 12.0 Å². The van der Waals surface area contributed by atoms with Crippen molar-refractivity contribution >= 4 is 21.6 Å². The first-order chi connectivity index (χ1) is 7.45. The van der Waals surface area contributed by atoms with Crippen LogP contribution in [0, 0.1) is 0 Å². The zero-order valence-electron chi connectivity index (χ0n) is 8.87. The van der Waals surface area contributed by atoms with Crippen LogP contribution in [0.15, 0.2) is 22.7 Å². The molecule has 0 unspecified atom stereocenters. The van der Waals surface area contributed by atoms with Gasteiger partial charge in [0.25, 0.3) is 0 Å². The van der Waals surface area contributed by atoms with E-state index in [1.165, 1.54) is 12.1 Å². The molecule has 0 atom stereocenters. The first-order valence-electron chi connectivity index (χ1n) is 5.05. The largest absolute Gasteiger partial charge is 0.418 e. The Labute approximate surface area is 101 Å². The summed E-state index contributed by atoms with van der Waals surface area (Å²) in [4.78, 5) is 0. The zero-order valence-corrected chi connectivity index (χ0v) is 10.5. The summed E-state index contributed by atoms with van der Waals surface area (Å²) >= 11 is 3.16. The lowest BCUT2D eigenvalue weighted by atomic mass is 10.1. The molecule has 1 aromatic carbocycles. The van der Waals surface area contributed by atoms with Crippen molar-refractivity contribution in [2.75, 3.05) is 11.9 Å². The number of hydrogen-bond donors (Lipinski definition) is 1. The molecule has 1 N–H and O–H groups in total. The van der Waals surface area contributed by atoms with E-state index < -0.39 is 11.7 Å². The van der Waals surface area contributed by atoms with Crippen molar-refractivity contribution in [2.24, 2.45) is 0 Å². The van der Waals surface area contributed by atoms with Crippen LogP contribution in [0.25, 0.3) is 0 Å². The maximum absolute atomic E-state index is 12.6. The van der Waals surface area contributed by atoms with Crippen molar-refractivity contribution in [1.82, 2.24) is 0 Å². The van der Waals surface area contributed by atoms with Gasteiger partial charge in [0.2, 0.25) is 0 Å². The highest BCUT2D eigenvalue weighted by Gasteiger charge is 2.33. The number of benzene rings is 1. The number of anilines is 1. The van der Waals surface area contributed by atoms with Crippen LogP contribution in [-0.2, 0) is 6.18 Å². The Kier molecular flexibility index (Phi) is 4.65. The average Bonchev–Trinajstić information content (AvgIpc) is 2.16. The number of halogens is 4. The molecule has 0 aromatic heterocycles. The molecule has 5 heteroatoms. The minimum absolute atomic E-state index is 0.135. The van der Waals surface area contributed by atoms with Gasteiger partial charge in [-0.15, -0.1) is 0 Å². The number of hydrogen-bond acceptors (Lipinski definition) is 1. The van der Waals surface area contributed by atoms with Crippen LogP contribution in [0.1, 0.15) is 25.3 Å². The second-order valence-corrected chi connectivity index (χ2v) is 4.38. The molecule has 90 valence electrons. The maximum Gasteiger partial charge on any atom is 0.418 e. The van der Waals surface area contributed by atoms with E-state index in [9.17, 15) is 13.2 Å². The molecule has 0 aliphatic carbocycles. The van der Waals surface area contributed by atoms with Gasteiger partial charge >= 0.3 is 6.18 Å². The van der Waals surface area contributed by atoms with E-state index in [0.29, 0.717) is 11.0 Å². The molecule has 1 rings (SSSR count). The normalized spacial score (nSPS) is 11.6. The summed E-state index contributed by atoms with van der Waals surface area (Å²) in [5.41, 5.74) is -0.484. The summed E-state index contributed by atoms with van der Waals surface area (Å²) in [5, 5.41) is 2.81. The van der Waals surface area contributed by atoms with Crippen molar-refractivity contribution < 1.29 is 13.2 Å². The molecule has 1 nitrogen and oxygen atoms in total. The van der Waals surface area contributed by atoms with Crippen LogP contribution in [-0.4, -0.2) is 6.54 Å². The SMILES string of the molecule is CCCCNc1cc(Br)ccc1C(F)(F)F. The molecule has 16 heavy (non-hydrogen) atoms. The second-order valence-electron chi connectivity index (χ2n) is 3.47. The lowest BCUT2D eigenvalue weighted by molar-refractivity contribution is -0.136. The van der Waals surface area contributed by atoms with E-state index in [1.807, 2.05) is 6.92 Å². The van der Waals surface area contributed by atoms with E-state index in [1.54, 1.807) is 0 Å². The third-order valence-electron chi connectivity index (χ3n) is 2.13. The highest BCUT2D eigenvalue weighted by atomic mass is 79.9. The predicted molar refractivity (Wildman–Crippen MR) is 62.5 cm³/mol. The summed E-state index contributed by atoms with van der Waals surface area (Å²) in [6, 6.07) is 3.94. The first-order valence-corrected chi connectivity index (χ1v) is 5.85. The average molecular weight is 296 g/mol. The fourth-order valence-electron chi connectivity index (χ4n) is 1.31. The second kappa shape index (κ2) is 5.57. The number of alkyl halides is 3. The Bertz CT molecular complexity index is 350. The van der Waals surface area contributed by atoms with Gasteiger partial charge in [0.1, 0.15) is 0 Å². The molecule has 0 heterocycles. The van der Waals surface area contributed by atoms with E-state index in [2.05, 4.69) is 21.2 Å². The Hall–Kier alpha value is -0.710. The lowest BCUT2D eigenvalue weighted by Crippen LogP contribution is -2.11. The number of unbranched alkanes of at least 4 members (excludes halogenated alkanes) is 1. The fourth-order valence-corrected chi connectivity index (χ4v) is 1.67. The Morgan fingerprint density at radius 3 is 2.56 bits per heavy atom. The van der Waals surface area contributed by atoms with E-state index >= 15 is 0 Å². The summed E-state index contributed by atoms with van der Waals surface area (Å²) in [7, 11) is 0. The van der Waals surface area contributed by atoms with E-state index in [0.717, 1.165) is 18.9 Å². The smallest absolute Gasteiger partial charge is 0.385 e. The van der Waals surface area contributed by atoms with Crippen molar-refractivity contribution in [3.8, 4) is 0 Å². The number of nitrogens with one attached hydrogen (secondary N) is 1. The Morgan fingerprint density at radius 2 is 2.00 bits per heavy atom. The fraction of sp³-hybridized carbons (Fsp3) is 0.455.